The maximum atomic E-state index is 13.1. The van der Waals surface area contributed by atoms with Gasteiger partial charge in [-0.2, -0.15) is 0 Å². The van der Waals surface area contributed by atoms with Crippen molar-refractivity contribution in [3.05, 3.63) is 54.4 Å². The predicted molar refractivity (Wildman–Crippen MR) is 49.5 cm³/mol. The number of rotatable bonds is 2. The summed E-state index contributed by atoms with van der Waals surface area (Å²) in [5.41, 5.74) is 0. The van der Waals surface area contributed by atoms with Crippen LogP contribution < -0.4 is 4.74 Å². The molecule has 15 heavy (non-hydrogen) atoms. The Morgan fingerprint density at radius 3 is 2.87 bits per heavy atom. The summed E-state index contributed by atoms with van der Waals surface area (Å²) in [6, 6.07) is 7.15. The third-order valence-corrected chi connectivity index (χ3v) is 1.70. The van der Waals surface area contributed by atoms with Crippen molar-refractivity contribution < 1.29 is 13.5 Å². The van der Waals surface area contributed by atoms with Crippen LogP contribution in [0, 0.1) is 17.7 Å². The molecule has 75 valence electrons. The molecule has 0 fully saturated rings. The van der Waals surface area contributed by atoms with Crippen LogP contribution in [0.2, 0.25) is 0 Å². The maximum absolute atomic E-state index is 13.1. The first-order valence-electron chi connectivity index (χ1n) is 4.20. The van der Waals surface area contributed by atoms with E-state index in [1.54, 1.807) is 0 Å². The summed E-state index contributed by atoms with van der Waals surface area (Å²) in [5.74, 6) is -1.04. The van der Waals surface area contributed by atoms with E-state index < -0.39 is 11.6 Å². The van der Waals surface area contributed by atoms with Crippen LogP contribution in [-0.4, -0.2) is 4.98 Å². The Balaban J connectivity index is 2.28. The van der Waals surface area contributed by atoms with Crippen molar-refractivity contribution in [2.75, 3.05) is 0 Å². The van der Waals surface area contributed by atoms with E-state index in [1.807, 2.05) is 0 Å². The molecule has 1 aromatic heterocycles. The highest BCUT2D eigenvalue weighted by molar-refractivity contribution is 5.30. The Bertz CT molecular complexity index is 459. The highest BCUT2D eigenvalue weighted by Crippen LogP contribution is 2.23. The number of nitrogens with zero attached hydrogens (tertiary/aromatic N) is 1. The molecule has 0 aliphatic rings. The van der Waals surface area contributed by atoms with Crippen molar-refractivity contribution in [3.63, 3.8) is 0 Å². The number of pyridine rings is 1. The summed E-state index contributed by atoms with van der Waals surface area (Å²) >= 11 is 0. The van der Waals surface area contributed by atoms with E-state index in [0.29, 0.717) is 5.75 Å². The average molecular weight is 206 g/mol. The molecule has 1 radical (unpaired) electrons. The van der Waals surface area contributed by atoms with Crippen molar-refractivity contribution in [1.82, 2.24) is 4.98 Å². The number of hydrogen-bond donors (Lipinski definition) is 0. The van der Waals surface area contributed by atoms with Gasteiger partial charge in [0.1, 0.15) is 11.6 Å². The minimum atomic E-state index is -0.625. The Kier molecular flexibility index (Phi) is 2.58. The molecule has 0 amide bonds. The van der Waals surface area contributed by atoms with Gasteiger partial charge in [0, 0.05) is 18.3 Å². The molecule has 0 bridgehead atoms. The molecule has 0 saturated carbocycles. The van der Waals surface area contributed by atoms with Crippen LogP contribution in [0.25, 0.3) is 0 Å². The van der Waals surface area contributed by atoms with Crippen LogP contribution in [0.5, 0.6) is 11.5 Å². The Morgan fingerprint density at radius 1 is 1.27 bits per heavy atom. The molecule has 0 atom stereocenters. The summed E-state index contributed by atoms with van der Waals surface area (Å²) in [4.78, 5) is 3.74. The van der Waals surface area contributed by atoms with Gasteiger partial charge in [0.15, 0.2) is 11.6 Å². The minimum Gasteiger partial charge on any atom is -0.453 e. The first-order valence-corrected chi connectivity index (χ1v) is 4.20. The topological polar surface area (TPSA) is 22.1 Å². The van der Waals surface area contributed by atoms with Gasteiger partial charge < -0.3 is 4.74 Å². The smallest absolute Gasteiger partial charge is 0.166 e. The third kappa shape index (κ3) is 2.28. The lowest BCUT2D eigenvalue weighted by molar-refractivity contribution is 0.435. The maximum Gasteiger partial charge on any atom is 0.166 e. The zero-order valence-electron chi connectivity index (χ0n) is 7.58. The summed E-state index contributed by atoms with van der Waals surface area (Å²) in [5, 5.41) is 0. The second-order valence-corrected chi connectivity index (χ2v) is 2.80. The van der Waals surface area contributed by atoms with E-state index in [-0.39, 0.29) is 5.75 Å². The zero-order valence-corrected chi connectivity index (χ0v) is 7.58. The van der Waals surface area contributed by atoms with Gasteiger partial charge in [-0.15, -0.1) is 0 Å². The number of aromatic nitrogens is 1. The fraction of sp³-hybridized carbons (Fsp3) is 0. The molecule has 0 aliphatic heterocycles. The molecule has 2 rings (SSSR count). The van der Waals surface area contributed by atoms with E-state index in [0.717, 1.165) is 18.2 Å². The van der Waals surface area contributed by atoms with E-state index in [4.69, 9.17) is 4.74 Å². The van der Waals surface area contributed by atoms with Crippen molar-refractivity contribution in [2.24, 2.45) is 0 Å². The van der Waals surface area contributed by atoms with Gasteiger partial charge >= 0.3 is 0 Å². The molecular weight excluding hydrogens is 200 g/mol. The second kappa shape index (κ2) is 4.04. The average Bonchev–Trinajstić information content (AvgIpc) is 2.25. The van der Waals surface area contributed by atoms with Crippen LogP contribution in [-0.2, 0) is 0 Å². The van der Waals surface area contributed by atoms with Crippen molar-refractivity contribution in [2.45, 2.75) is 0 Å². The monoisotopic (exact) mass is 206 g/mol. The lowest BCUT2D eigenvalue weighted by atomic mass is 10.3. The number of halogens is 2. The number of ether oxygens (including phenoxy) is 1. The van der Waals surface area contributed by atoms with Crippen LogP contribution in [0.4, 0.5) is 8.78 Å². The number of benzene rings is 1. The summed E-state index contributed by atoms with van der Waals surface area (Å²) in [6.07, 6.45) is 2.83. The molecule has 1 heterocycles. The lowest BCUT2D eigenvalue weighted by Crippen LogP contribution is -1.89. The van der Waals surface area contributed by atoms with Gasteiger partial charge in [0.2, 0.25) is 0 Å². The fourth-order valence-electron chi connectivity index (χ4n) is 1.05. The SMILES string of the molecule is Fc1ccc(F)c(Oc2c[c]cnc2)c1. The molecule has 0 unspecified atom stereocenters. The van der Waals surface area contributed by atoms with E-state index in [9.17, 15) is 8.78 Å². The summed E-state index contributed by atoms with van der Waals surface area (Å²) in [7, 11) is 0. The van der Waals surface area contributed by atoms with E-state index >= 15 is 0 Å². The summed E-state index contributed by atoms with van der Waals surface area (Å²) in [6.45, 7) is 0. The normalized spacial score (nSPS) is 10.0. The zero-order chi connectivity index (χ0) is 10.7. The van der Waals surface area contributed by atoms with Gasteiger partial charge in [0.25, 0.3) is 0 Å². The number of hydrogen-bond acceptors (Lipinski definition) is 2. The van der Waals surface area contributed by atoms with Crippen LogP contribution in [0.15, 0.2) is 36.7 Å². The molecule has 2 aromatic rings. The first kappa shape index (κ1) is 9.58. The summed E-state index contributed by atoms with van der Waals surface area (Å²) < 4.78 is 31.0. The second-order valence-electron chi connectivity index (χ2n) is 2.80. The van der Waals surface area contributed by atoms with Gasteiger partial charge in [-0.1, -0.05) is 0 Å². The van der Waals surface area contributed by atoms with Crippen LogP contribution in [0.3, 0.4) is 0 Å². The van der Waals surface area contributed by atoms with E-state index in [2.05, 4.69) is 11.1 Å². The largest absolute Gasteiger partial charge is 0.453 e. The Hall–Kier alpha value is -1.97. The minimum absolute atomic E-state index is 0.170. The predicted octanol–water partition coefficient (Wildman–Crippen LogP) is 2.95. The van der Waals surface area contributed by atoms with Crippen LogP contribution >= 0.6 is 0 Å². The standard InChI is InChI=1S/C11H6F2NO/c12-8-3-4-10(13)11(6-8)15-9-2-1-5-14-7-9/h2-7H. The molecule has 0 spiro atoms. The van der Waals surface area contributed by atoms with Gasteiger partial charge in [0.05, 0.1) is 6.20 Å². The molecule has 0 N–H and O–H groups in total. The molecule has 1 aromatic carbocycles. The third-order valence-electron chi connectivity index (χ3n) is 1.70. The Labute approximate surface area is 85.2 Å². The van der Waals surface area contributed by atoms with Crippen molar-refractivity contribution in [1.29, 1.82) is 0 Å². The van der Waals surface area contributed by atoms with Crippen molar-refractivity contribution >= 4 is 0 Å². The van der Waals surface area contributed by atoms with Crippen molar-refractivity contribution in [3.8, 4) is 11.5 Å². The highest BCUT2D eigenvalue weighted by atomic mass is 19.1. The van der Waals surface area contributed by atoms with Gasteiger partial charge in [-0.25, -0.2) is 8.78 Å². The van der Waals surface area contributed by atoms with Crippen LogP contribution in [0.1, 0.15) is 0 Å². The lowest BCUT2D eigenvalue weighted by Gasteiger charge is -2.05. The van der Waals surface area contributed by atoms with Gasteiger partial charge in [-0.3, -0.25) is 4.98 Å². The fourth-order valence-corrected chi connectivity index (χ4v) is 1.05. The highest BCUT2D eigenvalue weighted by Gasteiger charge is 2.05. The first-order chi connectivity index (χ1) is 7.25. The van der Waals surface area contributed by atoms with E-state index in [1.165, 1.54) is 18.5 Å². The van der Waals surface area contributed by atoms with Gasteiger partial charge in [-0.05, 0) is 18.2 Å². The quantitative estimate of drug-likeness (QED) is 0.753. The molecule has 0 saturated heterocycles. The molecular formula is C11H6F2NO. The molecule has 0 aliphatic carbocycles. The Morgan fingerprint density at radius 2 is 2.13 bits per heavy atom. The molecule has 2 nitrogen and oxygen atoms in total. The molecule has 4 heteroatoms.